The van der Waals surface area contributed by atoms with E-state index in [1.165, 1.54) is 43.2 Å². The Morgan fingerprint density at radius 1 is 1.12 bits per heavy atom. The highest BCUT2D eigenvalue weighted by atomic mass is 32.1. The molecule has 1 unspecified atom stereocenters. The summed E-state index contributed by atoms with van der Waals surface area (Å²) in [6, 6.07) is 9.34. The van der Waals surface area contributed by atoms with Gasteiger partial charge >= 0.3 is 0 Å². The van der Waals surface area contributed by atoms with Gasteiger partial charge in [-0.2, -0.15) is 0 Å². The van der Waals surface area contributed by atoms with Gasteiger partial charge in [-0.1, -0.05) is 13.3 Å². The van der Waals surface area contributed by atoms with Crippen LogP contribution in [-0.4, -0.2) is 78.8 Å². The standard InChI is InChI=1S/C26H40N6S/c1-4-22-8-5-6-12-31(22)13-7-11-27-26(33)28-21-9-10-24-23(19-21)20(2)18-25(29-24)32-16-14-30(3)15-17-32/h9-10,18-19,22H,4-8,11-17H2,1-3H3,(H2,27,28,33). The summed E-state index contributed by atoms with van der Waals surface area (Å²) in [7, 11) is 2.18. The number of nitrogens with one attached hydrogen (secondary N) is 2. The van der Waals surface area contributed by atoms with Crippen LogP contribution in [0.25, 0.3) is 10.9 Å². The van der Waals surface area contributed by atoms with E-state index in [4.69, 9.17) is 17.2 Å². The molecule has 1 aromatic heterocycles. The van der Waals surface area contributed by atoms with Crippen molar-refractivity contribution in [2.75, 3.05) is 63.1 Å². The Morgan fingerprint density at radius 2 is 1.94 bits per heavy atom. The lowest BCUT2D eigenvalue weighted by Gasteiger charge is -2.35. The molecule has 6 nitrogen and oxygen atoms in total. The smallest absolute Gasteiger partial charge is 0.170 e. The van der Waals surface area contributed by atoms with Crippen LogP contribution in [0, 0.1) is 6.92 Å². The summed E-state index contributed by atoms with van der Waals surface area (Å²) in [5.41, 5.74) is 3.31. The molecule has 0 aliphatic carbocycles. The van der Waals surface area contributed by atoms with Gasteiger partial charge in [-0.3, -0.25) is 0 Å². The zero-order valence-electron chi connectivity index (χ0n) is 20.6. The van der Waals surface area contributed by atoms with Crippen LogP contribution in [0.1, 0.15) is 44.6 Å². The summed E-state index contributed by atoms with van der Waals surface area (Å²) in [6.07, 6.45) is 6.47. The Morgan fingerprint density at radius 3 is 2.73 bits per heavy atom. The van der Waals surface area contributed by atoms with Gasteiger partial charge in [0.1, 0.15) is 5.82 Å². The monoisotopic (exact) mass is 468 g/mol. The number of rotatable bonds is 7. The molecule has 7 heteroatoms. The predicted molar refractivity (Wildman–Crippen MR) is 145 cm³/mol. The fraction of sp³-hybridized carbons (Fsp3) is 0.615. The van der Waals surface area contributed by atoms with Crippen molar-refractivity contribution < 1.29 is 0 Å². The van der Waals surface area contributed by atoms with Crippen LogP contribution < -0.4 is 15.5 Å². The second kappa shape index (κ2) is 11.4. The van der Waals surface area contributed by atoms with E-state index in [0.717, 1.165) is 68.8 Å². The van der Waals surface area contributed by atoms with E-state index in [1.807, 2.05) is 0 Å². The van der Waals surface area contributed by atoms with Gasteiger partial charge in [0.15, 0.2) is 5.11 Å². The molecular formula is C26H40N6S. The number of anilines is 2. The van der Waals surface area contributed by atoms with Crippen LogP contribution in [0.3, 0.4) is 0 Å². The first-order valence-electron chi connectivity index (χ1n) is 12.7. The van der Waals surface area contributed by atoms with E-state index in [9.17, 15) is 0 Å². The number of hydrogen-bond donors (Lipinski definition) is 2. The molecule has 0 spiro atoms. The number of thiocarbonyl (C=S) groups is 1. The number of nitrogens with zero attached hydrogens (tertiary/aromatic N) is 4. The van der Waals surface area contributed by atoms with Gasteiger partial charge in [0.25, 0.3) is 0 Å². The Kier molecular flexibility index (Phi) is 8.39. The minimum atomic E-state index is 0.694. The number of hydrogen-bond acceptors (Lipinski definition) is 5. The van der Waals surface area contributed by atoms with E-state index in [2.05, 4.69) is 70.5 Å². The average molecular weight is 469 g/mol. The zero-order chi connectivity index (χ0) is 23.2. The third-order valence-corrected chi connectivity index (χ3v) is 7.46. The lowest BCUT2D eigenvalue weighted by atomic mass is 10.00. The molecule has 2 aromatic rings. The number of benzene rings is 1. The van der Waals surface area contributed by atoms with Crippen molar-refractivity contribution in [2.45, 2.75) is 52.0 Å². The molecule has 180 valence electrons. The highest BCUT2D eigenvalue weighted by Gasteiger charge is 2.20. The first-order valence-corrected chi connectivity index (χ1v) is 13.1. The average Bonchev–Trinajstić information content (AvgIpc) is 2.83. The van der Waals surface area contributed by atoms with Crippen molar-refractivity contribution in [2.24, 2.45) is 0 Å². The molecule has 3 heterocycles. The molecule has 1 aromatic carbocycles. The number of pyridine rings is 1. The number of likely N-dealkylation sites (tertiary alicyclic amines) is 1. The van der Waals surface area contributed by atoms with Crippen LogP contribution >= 0.6 is 12.2 Å². The van der Waals surface area contributed by atoms with Crippen molar-refractivity contribution in [3.63, 3.8) is 0 Å². The van der Waals surface area contributed by atoms with Crippen molar-refractivity contribution >= 4 is 39.7 Å². The molecule has 2 aliphatic heterocycles. The number of likely N-dealkylation sites (N-methyl/N-ethyl adjacent to an activating group) is 1. The summed E-state index contributed by atoms with van der Waals surface area (Å²) in [5.74, 6) is 1.09. The van der Waals surface area contributed by atoms with E-state index < -0.39 is 0 Å². The Hall–Kier alpha value is -1.96. The van der Waals surface area contributed by atoms with Gasteiger partial charge in [-0.05, 0) is 88.2 Å². The summed E-state index contributed by atoms with van der Waals surface area (Å²) in [5, 5.41) is 8.63. The number of aryl methyl sites for hydroxylation is 1. The van der Waals surface area contributed by atoms with Crippen molar-refractivity contribution in [3.05, 3.63) is 29.8 Å². The van der Waals surface area contributed by atoms with E-state index in [1.54, 1.807) is 0 Å². The molecule has 2 aliphatic rings. The lowest BCUT2D eigenvalue weighted by molar-refractivity contribution is 0.143. The van der Waals surface area contributed by atoms with Gasteiger partial charge in [-0.25, -0.2) is 4.98 Å². The van der Waals surface area contributed by atoms with Crippen molar-refractivity contribution in [1.29, 1.82) is 0 Å². The van der Waals surface area contributed by atoms with E-state index in [0.29, 0.717) is 5.11 Å². The van der Waals surface area contributed by atoms with Gasteiger partial charge in [0, 0.05) is 56.4 Å². The first kappa shape index (κ1) is 24.2. The van der Waals surface area contributed by atoms with Crippen molar-refractivity contribution in [3.8, 4) is 0 Å². The fourth-order valence-corrected chi connectivity index (χ4v) is 5.35. The molecule has 33 heavy (non-hydrogen) atoms. The molecule has 1 atom stereocenters. The van der Waals surface area contributed by atoms with Gasteiger partial charge in [-0.15, -0.1) is 0 Å². The summed E-state index contributed by atoms with van der Waals surface area (Å²) in [6.45, 7) is 12.0. The minimum absolute atomic E-state index is 0.694. The Balaban J connectivity index is 1.29. The zero-order valence-corrected chi connectivity index (χ0v) is 21.4. The maximum atomic E-state index is 5.56. The second-order valence-corrected chi connectivity index (χ2v) is 10.1. The number of piperazine rings is 1. The molecule has 0 radical (unpaired) electrons. The van der Waals surface area contributed by atoms with Crippen LogP contribution in [0.5, 0.6) is 0 Å². The minimum Gasteiger partial charge on any atom is -0.362 e. The SMILES string of the molecule is CCC1CCCCN1CCCNC(=S)Nc1ccc2nc(N3CCN(C)CC3)cc(C)c2c1. The predicted octanol–water partition coefficient (Wildman–Crippen LogP) is 4.24. The summed E-state index contributed by atoms with van der Waals surface area (Å²) in [4.78, 5) is 12.4. The maximum absolute atomic E-state index is 5.56. The molecule has 2 saturated heterocycles. The maximum Gasteiger partial charge on any atom is 0.170 e. The first-order chi connectivity index (χ1) is 16.0. The lowest BCUT2D eigenvalue weighted by Crippen LogP contribution is -2.44. The Labute approximate surface area is 204 Å². The van der Waals surface area contributed by atoms with Crippen LogP contribution in [0.2, 0.25) is 0 Å². The highest BCUT2D eigenvalue weighted by molar-refractivity contribution is 7.80. The van der Waals surface area contributed by atoms with Crippen LogP contribution in [-0.2, 0) is 0 Å². The second-order valence-electron chi connectivity index (χ2n) is 9.65. The molecule has 2 fully saturated rings. The van der Waals surface area contributed by atoms with Gasteiger partial charge in [0.05, 0.1) is 5.52 Å². The number of aromatic nitrogens is 1. The topological polar surface area (TPSA) is 46.7 Å². The Bertz CT molecular complexity index is 940. The summed E-state index contributed by atoms with van der Waals surface area (Å²) < 4.78 is 0. The molecule has 0 bridgehead atoms. The molecule has 4 rings (SSSR count). The third-order valence-electron chi connectivity index (χ3n) is 7.22. The quantitative estimate of drug-likeness (QED) is 0.466. The number of fused-ring (bicyclic) bond motifs is 1. The highest BCUT2D eigenvalue weighted by Crippen LogP contribution is 2.26. The van der Waals surface area contributed by atoms with Gasteiger partial charge < -0.3 is 25.3 Å². The van der Waals surface area contributed by atoms with Crippen LogP contribution in [0.15, 0.2) is 24.3 Å². The third kappa shape index (κ3) is 6.34. The van der Waals surface area contributed by atoms with Gasteiger partial charge in [0.2, 0.25) is 0 Å². The fourth-order valence-electron chi connectivity index (χ4n) is 5.13. The van der Waals surface area contributed by atoms with Crippen LogP contribution in [0.4, 0.5) is 11.5 Å². The normalized spacial score (nSPS) is 20.2. The molecule has 2 N–H and O–H groups in total. The molecule has 0 saturated carbocycles. The molecule has 0 amide bonds. The number of piperidine rings is 1. The molecular weight excluding hydrogens is 428 g/mol. The van der Waals surface area contributed by atoms with Crippen molar-refractivity contribution in [1.82, 2.24) is 20.1 Å². The summed E-state index contributed by atoms with van der Waals surface area (Å²) >= 11 is 5.56. The van der Waals surface area contributed by atoms with E-state index >= 15 is 0 Å². The largest absolute Gasteiger partial charge is 0.362 e. The van der Waals surface area contributed by atoms with E-state index in [-0.39, 0.29) is 0 Å².